The van der Waals surface area contributed by atoms with E-state index in [1.54, 1.807) is 12.3 Å². The van der Waals surface area contributed by atoms with E-state index in [4.69, 9.17) is 11.6 Å². The van der Waals surface area contributed by atoms with Gasteiger partial charge in [-0.3, -0.25) is 4.98 Å². The Bertz CT molecular complexity index is 454. The second-order valence-corrected chi connectivity index (χ2v) is 4.57. The van der Waals surface area contributed by atoms with Crippen LogP contribution in [0.25, 0.3) is 10.2 Å². The van der Waals surface area contributed by atoms with Crippen LogP contribution in [0.3, 0.4) is 0 Å². The number of aliphatic hydroxyl groups is 1. The van der Waals surface area contributed by atoms with E-state index in [-0.39, 0.29) is 0 Å². The predicted molar refractivity (Wildman–Crippen MR) is 59.9 cm³/mol. The first-order valence-corrected chi connectivity index (χ1v) is 5.64. The number of aromatic nitrogens is 1. The van der Waals surface area contributed by atoms with Crippen LogP contribution in [0.1, 0.15) is 24.3 Å². The van der Waals surface area contributed by atoms with Gasteiger partial charge in [0.05, 0.1) is 21.3 Å². The highest BCUT2D eigenvalue weighted by molar-refractivity contribution is 7.19. The second kappa shape index (κ2) is 3.85. The van der Waals surface area contributed by atoms with E-state index in [2.05, 4.69) is 4.98 Å². The summed E-state index contributed by atoms with van der Waals surface area (Å²) in [5, 5.41) is 10.4. The molecule has 0 spiro atoms. The minimum atomic E-state index is -0.398. The van der Waals surface area contributed by atoms with E-state index in [0.717, 1.165) is 15.1 Å². The maximum absolute atomic E-state index is 9.66. The van der Waals surface area contributed by atoms with Crippen LogP contribution in [0.15, 0.2) is 18.3 Å². The molecule has 2 nitrogen and oxygen atoms in total. The third-order valence-corrected chi connectivity index (χ3v) is 3.78. The molecule has 0 fully saturated rings. The fourth-order valence-corrected chi connectivity index (χ4v) is 2.65. The van der Waals surface area contributed by atoms with Gasteiger partial charge in [-0.2, -0.15) is 0 Å². The van der Waals surface area contributed by atoms with Crippen molar-refractivity contribution in [3.63, 3.8) is 0 Å². The van der Waals surface area contributed by atoms with Gasteiger partial charge in [-0.15, -0.1) is 11.3 Å². The number of thiophene rings is 1. The number of pyridine rings is 1. The fraction of sp³-hybridized carbons (Fsp3) is 0.300. The van der Waals surface area contributed by atoms with Gasteiger partial charge < -0.3 is 5.11 Å². The number of nitrogens with zero attached hydrogens (tertiary/aromatic N) is 1. The monoisotopic (exact) mass is 227 g/mol. The minimum Gasteiger partial charge on any atom is -0.388 e. The topological polar surface area (TPSA) is 33.1 Å². The molecule has 0 aliphatic carbocycles. The van der Waals surface area contributed by atoms with Gasteiger partial charge in [0, 0.05) is 11.1 Å². The molecule has 1 atom stereocenters. The third-order valence-electron chi connectivity index (χ3n) is 2.10. The van der Waals surface area contributed by atoms with Gasteiger partial charge in [0.2, 0.25) is 0 Å². The van der Waals surface area contributed by atoms with Gasteiger partial charge in [0.25, 0.3) is 0 Å². The van der Waals surface area contributed by atoms with E-state index in [9.17, 15) is 5.11 Å². The number of rotatable bonds is 2. The zero-order valence-electron chi connectivity index (χ0n) is 7.70. The molecule has 0 aliphatic heterocycles. The number of hydrogen-bond donors (Lipinski definition) is 1. The van der Waals surface area contributed by atoms with Crippen molar-refractivity contribution in [2.75, 3.05) is 0 Å². The Morgan fingerprint density at radius 2 is 2.43 bits per heavy atom. The summed E-state index contributed by atoms with van der Waals surface area (Å²) < 4.78 is 0.955. The quantitative estimate of drug-likeness (QED) is 0.853. The van der Waals surface area contributed by atoms with Gasteiger partial charge in [0.1, 0.15) is 0 Å². The van der Waals surface area contributed by atoms with Crippen molar-refractivity contribution in [2.45, 2.75) is 19.4 Å². The number of hydrogen-bond acceptors (Lipinski definition) is 3. The molecule has 2 heterocycles. The molecule has 0 radical (unpaired) electrons. The normalized spacial score (nSPS) is 13.4. The molecule has 0 unspecified atom stereocenters. The molecule has 0 saturated carbocycles. The van der Waals surface area contributed by atoms with E-state index in [0.29, 0.717) is 11.4 Å². The Labute approximate surface area is 91.2 Å². The predicted octanol–water partition coefficient (Wildman–Crippen LogP) is 3.39. The Morgan fingerprint density at radius 3 is 3.07 bits per heavy atom. The van der Waals surface area contributed by atoms with Crippen LogP contribution in [-0.4, -0.2) is 10.1 Å². The molecule has 0 aromatic carbocycles. The average molecular weight is 228 g/mol. The summed E-state index contributed by atoms with van der Waals surface area (Å²) >= 11 is 7.52. The number of fused-ring (bicyclic) bond motifs is 1. The zero-order chi connectivity index (χ0) is 10.1. The lowest BCUT2D eigenvalue weighted by Crippen LogP contribution is -1.89. The van der Waals surface area contributed by atoms with Crippen LogP contribution in [-0.2, 0) is 0 Å². The van der Waals surface area contributed by atoms with Crippen LogP contribution in [0, 0.1) is 0 Å². The van der Waals surface area contributed by atoms with Crippen LogP contribution < -0.4 is 0 Å². The van der Waals surface area contributed by atoms with Crippen LogP contribution in [0.5, 0.6) is 0 Å². The first kappa shape index (κ1) is 9.90. The Balaban J connectivity index is 2.56. The molecule has 4 heteroatoms. The van der Waals surface area contributed by atoms with Gasteiger partial charge in [-0.1, -0.05) is 18.5 Å². The third kappa shape index (κ3) is 1.63. The maximum Gasteiger partial charge on any atom is 0.0880 e. The highest BCUT2D eigenvalue weighted by atomic mass is 35.5. The average Bonchev–Trinajstić information content (AvgIpc) is 2.62. The van der Waals surface area contributed by atoms with Crippen molar-refractivity contribution >= 4 is 33.2 Å². The number of halogens is 1. The van der Waals surface area contributed by atoms with Gasteiger partial charge in [-0.25, -0.2) is 0 Å². The SMILES string of the molecule is CC[C@H](O)c1cc2nccc(Cl)c2s1. The Kier molecular flexibility index (Phi) is 2.72. The first-order valence-electron chi connectivity index (χ1n) is 4.44. The lowest BCUT2D eigenvalue weighted by molar-refractivity contribution is 0.177. The van der Waals surface area contributed by atoms with Crippen molar-refractivity contribution in [2.24, 2.45) is 0 Å². The molecule has 0 amide bonds. The maximum atomic E-state index is 9.66. The molecule has 2 aromatic heterocycles. The summed E-state index contributed by atoms with van der Waals surface area (Å²) in [5.41, 5.74) is 0.866. The van der Waals surface area contributed by atoms with Crippen molar-refractivity contribution in [1.82, 2.24) is 4.98 Å². The van der Waals surface area contributed by atoms with Crippen LogP contribution in [0.2, 0.25) is 5.02 Å². The molecular formula is C10H10ClNOS. The largest absolute Gasteiger partial charge is 0.388 e. The van der Waals surface area contributed by atoms with Crippen LogP contribution >= 0.6 is 22.9 Å². The van der Waals surface area contributed by atoms with E-state index < -0.39 is 6.10 Å². The summed E-state index contributed by atoms with van der Waals surface area (Å²) in [5.74, 6) is 0. The smallest absolute Gasteiger partial charge is 0.0880 e. The number of aliphatic hydroxyl groups excluding tert-OH is 1. The van der Waals surface area contributed by atoms with Crippen molar-refractivity contribution < 1.29 is 5.11 Å². The first-order chi connectivity index (χ1) is 6.72. The van der Waals surface area contributed by atoms with Gasteiger partial charge >= 0.3 is 0 Å². The van der Waals surface area contributed by atoms with Crippen molar-refractivity contribution in [3.05, 3.63) is 28.2 Å². The molecule has 74 valence electrons. The fourth-order valence-electron chi connectivity index (χ4n) is 1.29. The zero-order valence-corrected chi connectivity index (χ0v) is 9.27. The van der Waals surface area contributed by atoms with Crippen molar-refractivity contribution in [1.29, 1.82) is 0 Å². The molecule has 0 bridgehead atoms. The summed E-state index contributed by atoms with van der Waals surface area (Å²) in [7, 11) is 0. The molecule has 1 N–H and O–H groups in total. The Hall–Kier alpha value is -0.640. The van der Waals surface area contributed by atoms with Gasteiger partial charge in [0.15, 0.2) is 0 Å². The molecule has 14 heavy (non-hydrogen) atoms. The highest BCUT2D eigenvalue weighted by Gasteiger charge is 2.11. The molecule has 0 aliphatic rings. The summed E-state index contributed by atoms with van der Waals surface area (Å²) in [6.07, 6.45) is 1.99. The lowest BCUT2D eigenvalue weighted by Gasteiger charge is -2.01. The standard InChI is InChI=1S/C10H10ClNOS/c1-2-8(13)9-5-7-10(14-9)6(11)3-4-12-7/h3-5,8,13H,2H2,1H3/t8-/m0/s1. The lowest BCUT2D eigenvalue weighted by atomic mass is 10.2. The second-order valence-electron chi connectivity index (χ2n) is 3.08. The Morgan fingerprint density at radius 1 is 1.64 bits per heavy atom. The summed E-state index contributed by atoms with van der Waals surface area (Å²) in [6, 6.07) is 3.67. The summed E-state index contributed by atoms with van der Waals surface area (Å²) in [4.78, 5) is 5.13. The van der Waals surface area contributed by atoms with E-state index in [1.165, 1.54) is 11.3 Å². The van der Waals surface area contributed by atoms with Crippen LogP contribution in [0.4, 0.5) is 0 Å². The minimum absolute atomic E-state index is 0.398. The molecular weight excluding hydrogens is 218 g/mol. The van der Waals surface area contributed by atoms with Crippen molar-refractivity contribution in [3.8, 4) is 0 Å². The molecule has 0 saturated heterocycles. The summed E-state index contributed by atoms with van der Waals surface area (Å²) in [6.45, 7) is 1.95. The highest BCUT2D eigenvalue weighted by Crippen LogP contribution is 2.34. The van der Waals surface area contributed by atoms with E-state index in [1.807, 2.05) is 13.0 Å². The molecule has 2 rings (SSSR count). The molecule has 2 aromatic rings. The van der Waals surface area contributed by atoms with E-state index >= 15 is 0 Å². The van der Waals surface area contributed by atoms with Gasteiger partial charge in [-0.05, 0) is 18.6 Å².